The molecule has 2 rings (SSSR count). The molecule has 1 aromatic rings. The van der Waals surface area contributed by atoms with Gasteiger partial charge in [-0.2, -0.15) is 0 Å². The third kappa shape index (κ3) is 3.30. The first-order valence-electron chi connectivity index (χ1n) is 5.59. The van der Waals surface area contributed by atoms with Crippen molar-refractivity contribution < 1.29 is 14.3 Å². The second-order valence-electron chi connectivity index (χ2n) is 3.85. The van der Waals surface area contributed by atoms with Crippen LogP contribution in [0, 0.1) is 0 Å². The van der Waals surface area contributed by atoms with Gasteiger partial charge in [0, 0.05) is 4.47 Å². The molecule has 1 aliphatic heterocycles. The number of hydrogen-bond donors (Lipinski definition) is 1. The molecule has 1 aromatic carbocycles. The Hall–Kier alpha value is -1.40. The fraction of sp³-hybridized carbons (Fsp3) is 0.333. The number of benzene rings is 1. The highest BCUT2D eigenvalue weighted by Crippen LogP contribution is 2.15. The van der Waals surface area contributed by atoms with E-state index in [1.54, 1.807) is 0 Å². The van der Waals surface area contributed by atoms with Crippen molar-refractivity contribution >= 4 is 27.7 Å². The topological polar surface area (TPSA) is 58.6 Å². The van der Waals surface area contributed by atoms with E-state index in [1.165, 1.54) is 4.90 Å². The second kappa shape index (κ2) is 5.97. The van der Waals surface area contributed by atoms with E-state index >= 15 is 0 Å². The third-order valence-electron chi connectivity index (χ3n) is 2.55. The SMILES string of the molecule is O=C1CNCC(=O)N1CCOc1ccc(Br)cc1. The molecule has 0 aromatic heterocycles. The molecule has 0 atom stereocenters. The van der Waals surface area contributed by atoms with E-state index in [0.717, 1.165) is 4.47 Å². The van der Waals surface area contributed by atoms with Gasteiger partial charge in [-0.1, -0.05) is 15.9 Å². The predicted molar refractivity (Wildman–Crippen MR) is 69.2 cm³/mol. The smallest absolute Gasteiger partial charge is 0.243 e. The van der Waals surface area contributed by atoms with Gasteiger partial charge < -0.3 is 4.74 Å². The normalized spacial score (nSPS) is 15.9. The lowest BCUT2D eigenvalue weighted by molar-refractivity contribution is -0.146. The maximum Gasteiger partial charge on any atom is 0.243 e. The van der Waals surface area contributed by atoms with Gasteiger partial charge in [0.15, 0.2) is 0 Å². The van der Waals surface area contributed by atoms with Crippen molar-refractivity contribution in [2.24, 2.45) is 0 Å². The van der Waals surface area contributed by atoms with E-state index < -0.39 is 0 Å². The van der Waals surface area contributed by atoms with E-state index in [2.05, 4.69) is 21.2 Å². The molecular weight excluding hydrogens is 300 g/mol. The van der Waals surface area contributed by atoms with Crippen LogP contribution in [0.15, 0.2) is 28.7 Å². The molecule has 1 N–H and O–H groups in total. The van der Waals surface area contributed by atoms with Crippen LogP contribution in [0.4, 0.5) is 0 Å². The van der Waals surface area contributed by atoms with E-state index in [-0.39, 0.29) is 31.4 Å². The summed E-state index contributed by atoms with van der Waals surface area (Å²) in [4.78, 5) is 24.2. The van der Waals surface area contributed by atoms with Crippen molar-refractivity contribution in [3.05, 3.63) is 28.7 Å². The fourth-order valence-electron chi connectivity index (χ4n) is 1.64. The van der Waals surface area contributed by atoms with Crippen molar-refractivity contribution in [3.63, 3.8) is 0 Å². The highest BCUT2D eigenvalue weighted by atomic mass is 79.9. The lowest BCUT2D eigenvalue weighted by Crippen LogP contribution is -2.53. The summed E-state index contributed by atoms with van der Waals surface area (Å²) in [5, 5.41) is 2.74. The molecule has 6 heteroatoms. The van der Waals surface area contributed by atoms with Crippen molar-refractivity contribution in [1.82, 2.24) is 10.2 Å². The van der Waals surface area contributed by atoms with Crippen LogP contribution in [-0.4, -0.2) is 43.0 Å². The highest BCUT2D eigenvalue weighted by Gasteiger charge is 2.24. The minimum absolute atomic E-state index is 0.203. The van der Waals surface area contributed by atoms with E-state index in [1.807, 2.05) is 24.3 Å². The summed E-state index contributed by atoms with van der Waals surface area (Å²) in [5.41, 5.74) is 0. The Bertz CT molecular complexity index is 431. The molecule has 0 bridgehead atoms. The summed E-state index contributed by atoms with van der Waals surface area (Å²) in [7, 11) is 0. The summed E-state index contributed by atoms with van der Waals surface area (Å²) >= 11 is 3.33. The standard InChI is InChI=1S/C12H13BrN2O3/c13-9-1-3-10(4-2-9)18-6-5-15-11(16)7-14-8-12(15)17/h1-4,14H,5-8H2. The van der Waals surface area contributed by atoms with Gasteiger partial charge in [-0.15, -0.1) is 0 Å². The molecule has 1 fully saturated rings. The molecule has 0 aliphatic carbocycles. The molecule has 5 nitrogen and oxygen atoms in total. The number of nitrogens with one attached hydrogen (secondary N) is 1. The summed E-state index contributed by atoms with van der Waals surface area (Å²) in [5.74, 6) is 0.310. The minimum Gasteiger partial charge on any atom is -0.492 e. The largest absolute Gasteiger partial charge is 0.492 e. The summed E-state index contributed by atoms with van der Waals surface area (Å²) in [6.07, 6.45) is 0. The van der Waals surface area contributed by atoms with Gasteiger partial charge in [0.1, 0.15) is 12.4 Å². The predicted octanol–water partition coefficient (Wildman–Crippen LogP) is 0.786. The average molecular weight is 313 g/mol. The Balaban J connectivity index is 1.82. The molecule has 1 heterocycles. The molecule has 2 amide bonds. The molecular formula is C12H13BrN2O3. The first-order valence-corrected chi connectivity index (χ1v) is 6.38. The van der Waals surface area contributed by atoms with Crippen LogP contribution in [0.25, 0.3) is 0 Å². The molecule has 0 saturated carbocycles. The van der Waals surface area contributed by atoms with Gasteiger partial charge in [-0.25, -0.2) is 0 Å². The Kier molecular flexibility index (Phi) is 4.33. The molecule has 0 radical (unpaired) electrons. The maximum atomic E-state index is 11.5. The zero-order valence-corrected chi connectivity index (χ0v) is 11.3. The molecule has 1 saturated heterocycles. The van der Waals surface area contributed by atoms with Crippen LogP contribution < -0.4 is 10.1 Å². The molecule has 18 heavy (non-hydrogen) atoms. The van der Waals surface area contributed by atoms with E-state index in [9.17, 15) is 9.59 Å². The third-order valence-corrected chi connectivity index (χ3v) is 3.08. The summed E-state index contributed by atoms with van der Waals surface area (Å²) in [6.45, 7) is 1.02. The van der Waals surface area contributed by atoms with Crippen LogP contribution in [0.1, 0.15) is 0 Å². The maximum absolute atomic E-state index is 11.5. The number of ether oxygens (including phenoxy) is 1. The first kappa shape index (κ1) is 13.0. The summed E-state index contributed by atoms with van der Waals surface area (Å²) in [6, 6.07) is 7.39. The average Bonchev–Trinajstić information content (AvgIpc) is 2.35. The number of halogens is 1. The van der Waals surface area contributed by atoms with Crippen LogP contribution in [-0.2, 0) is 9.59 Å². The van der Waals surface area contributed by atoms with Crippen molar-refractivity contribution in [2.75, 3.05) is 26.2 Å². The number of imide groups is 1. The highest BCUT2D eigenvalue weighted by molar-refractivity contribution is 9.10. The van der Waals surface area contributed by atoms with Crippen LogP contribution >= 0.6 is 15.9 Å². The van der Waals surface area contributed by atoms with Gasteiger partial charge in [0.25, 0.3) is 0 Å². The Morgan fingerprint density at radius 2 is 1.78 bits per heavy atom. The number of nitrogens with zero attached hydrogens (tertiary/aromatic N) is 1. The van der Waals surface area contributed by atoms with Gasteiger partial charge >= 0.3 is 0 Å². The molecule has 96 valence electrons. The van der Waals surface area contributed by atoms with E-state index in [0.29, 0.717) is 12.4 Å². The number of rotatable bonds is 4. The van der Waals surface area contributed by atoms with E-state index in [4.69, 9.17) is 4.74 Å². The Labute approximate surface area is 113 Å². The molecule has 0 unspecified atom stereocenters. The molecule has 1 aliphatic rings. The number of amides is 2. The van der Waals surface area contributed by atoms with Crippen molar-refractivity contribution in [2.45, 2.75) is 0 Å². The van der Waals surface area contributed by atoms with Gasteiger partial charge in [0.05, 0.1) is 19.6 Å². The lowest BCUT2D eigenvalue weighted by atomic mass is 10.3. The zero-order chi connectivity index (χ0) is 13.0. The van der Waals surface area contributed by atoms with Crippen LogP contribution in [0.5, 0.6) is 5.75 Å². The Morgan fingerprint density at radius 1 is 1.17 bits per heavy atom. The number of piperazine rings is 1. The lowest BCUT2D eigenvalue weighted by Gasteiger charge is -2.25. The number of hydrogen-bond acceptors (Lipinski definition) is 4. The van der Waals surface area contributed by atoms with Gasteiger partial charge in [-0.3, -0.25) is 19.8 Å². The monoisotopic (exact) mass is 312 g/mol. The summed E-state index contributed by atoms with van der Waals surface area (Å²) < 4.78 is 6.45. The second-order valence-corrected chi connectivity index (χ2v) is 4.76. The quantitative estimate of drug-likeness (QED) is 0.835. The minimum atomic E-state index is -0.203. The molecule has 0 spiro atoms. The fourth-order valence-corrected chi connectivity index (χ4v) is 1.91. The van der Waals surface area contributed by atoms with Gasteiger partial charge in [0.2, 0.25) is 11.8 Å². The van der Waals surface area contributed by atoms with Crippen LogP contribution in [0.3, 0.4) is 0 Å². The van der Waals surface area contributed by atoms with Crippen LogP contribution in [0.2, 0.25) is 0 Å². The first-order chi connectivity index (χ1) is 8.66. The van der Waals surface area contributed by atoms with Crippen molar-refractivity contribution in [1.29, 1.82) is 0 Å². The zero-order valence-electron chi connectivity index (χ0n) is 9.69. The van der Waals surface area contributed by atoms with Crippen molar-refractivity contribution in [3.8, 4) is 5.75 Å². The number of carbonyl (C=O) groups is 2. The Morgan fingerprint density at radius 3 is 2.39 bits per heavy atom. The van der Waals surface area contributed by atoms with Gasteiger partial charge in [-0.05, 0) is 24.3 Å². The number of carbonyl (C=O) groups excluding carboxylic acids is 2.